The van der Waals surface area contributed by atoms with Crippen LogP contribution in [0.25, 0.3) is 10.8 Å². The summed E-state index contributed by atoms with van der Waals surface area (Å²) >= 11 is 0. The average molecular weight is 597 g/mol. The SMILES string of the molecule is O=C1[C@H]2[C@H](CC=C3[C@H]2C[C@H]2C(=O)N(Cc4ccccc4)C(=O)[C@H]2[C@H]3c2ccc(O)c3ccccc23)C(=O)N1Cc1ccccc1. The first-order valence-electron chi connectivity index (χ1n) is 15.6. The summed E-state index contributed by atoms with van der Waals surface area (Å²) in [5.74, 6) is -3.81. The standard InChI is InChI=1S/C38H32N2O5/c41-31-18-17-26(24-13-7-8-14-25(24)31)32-27-15-16-28-33(37(44)39(35(28)42)20-22-9-3-1-4-10-22)29(27)19-30-34(32)38(45)40(36(30)43)21-23-11-5-2-6-12-23/h1-15,17-18,28-30,32-34,41H,16,19-21H2/t28-,29+,30+,32-,33-,34+/m0/s1. The highest BCUT2D eigenvalue weighted by Gasteiger charge is 2.62. The van der Waals surface area contributed by atoms with Gasteiger partial charge in [-0.3, -0.25) is 29.0 Å². The molecule has 2 heterocycles. The number of carbonyl (C=O) groups excluding carboxylic acids is 4. The van der Waals surface area contributed by atoms with Crippen molar-refractivity contribution in [2.45, 2.75) is 31.8 Å². The Bertz CT molecular complexity index is 1900. The number of allylic oxidation sites excluding steroid dienone is 2. The number of likely N-dealkylation sites (tertiary alicyclic amines) is 2. The van der Waals surface area contributed by atoms with E-state index in [4.69, 9.17) is 0 Å². The third-order valence-electron chi connectivity index (χ3n) is 10.5. The first-order valence-corrected chi connectivity index (χ1v) is 15.6. The second-order valence-corrected chi connectivity index (χ2v) is 12.7. The first-order chi connectivity index (χ1) is 21.9. The minimum Gasteiger partial charge on any atom is -0.507 e. The van der Waals surface area contributed by atoms with Crippen LogP contribution in [-0.4, -0.2) is 38.5 Å². The lowest BCUT2D eigenvalue weighted by molar-refractivity contribution is -0.142. The minimum absolute atomic E-state index is 0.142. The normalized spacial score (nSPS) is 27.4. The molecule has 7 heteroatoms. The molecule has 0 unspecified atom stereocenters. The summed E-state index contributed by atoms with van der Waals surface area (Å²) in [7, 11) is 0. The molecule has 6 atom stereocenters. The molecule has 3 fully saturated rings. The van der Waals surface area contributed by atoms with E-state index in [0.29, 0.717) is 18.2 Å². The fraction of sp³-hybridized carbons (Fsp3) is 0.263. The van der Waals surface area contributed by atoms with Gasteiger partial charge in [-0.25, -0.2) is 0 Å². The quantitative estimate of drug-likeness (QED) is 0.240. The van der Waals surface area contributed by atoms with Crippen molar-refractivity contribution in [3.63, 3.8) is 0 Å². The van der Waals surface area contributed by atoms with Gasteiger partial charge in [0.2, 0.25) is 23.6 Å². The molecule has 0 bridgehead atoms. The van der Waals surface area contributed by atoms with Crippen molar-refractivity contribution in [3.05, 3.63) is 125 Å². The molecule has 1 saturated carbocycles. The summed E-state index contributed by atoms with van der Waals surface area (Å²) in [6.45, 7) is 0.403. The van der Waals surface area contributed by atoms with Gasteiger partial charge in [0.05, 0.1) is 36.8 Å². The smallest absolute Gasteiger partial charge is 0.234 e. The summed E-state index contributed by atoms with van der Waals surface area (Å²) < 4.78 is 0. The van der Waals surface area contributed by atoms with E-state index in [0.717, 1.165) is 27.6 Å². The molecule has 2 aliphatic heterocycles. The number of phenolic OH excluding ortho intramolecular Hbond substituents is 1. The van der Waals surface area contributed by atoms with Crippen LogP contribution in [0.15, 0.2) is 109 Å². The number of fused-ring (bicyclic) bond motifs is 5. The minimum atomic E-state index is -0.638. The van der Waals surface area contributed by atoms with Crippen LogP contribution in [0.1, 0.15) is 35.4 Å². The average Bonchev–Trinajstić information content (AvgIpc) is 3.45. The Labute approximate surface area is 260 Å². The monoisotopic (exact) mass is 596 g/mol. The van der Waals surface area contributed by atoms with Crippen LogP contribution >= 0.6 is 0 Å². The Morgan fingerprint density at radius 2 is 1.13 bits per heavy atom. The summed E-state index contributed by atoms with van der Waals surface area (Å²) in [4.78, 5) is 59.1. The van der Waals surface area contributed by atoms with Crippen LogP contribution in [0.5, 0.6) is 5.75 Å². The molecule has 224 valence electrons. The van der Waals surface area contributed by atoms with Crippen LogP contribution in [0.3, 0.4) is 0 Å². The van der Waals surface area contributed by atoms with Gasteiger partial charge in [0.1, 0.15) is 5.75 Å². The van der Waals surface area contributed by atoms with E-state index in [9.17, 15) is 24.3 Å². The van der Waals surface area contributed by atoms with Crippen molar-refractivity contribution in [2.75, 3.05) is 0 Å². The number of hydrogen-bond acceptors (Lipinski definition) is 5. The predicted octanol–water partition coefficient (Wildman–Crippen LogP) is 5.58. The molecule has 2 aliphatic carbocycles. The van der Waals surface area contributed by atoms with Gasteiger partial charge in [0, 0.05) is 11.3 Å². The van der Waals surface area contributed by atoms with Crippen molar-refractivity contribution in [2.24, 2.45) is 29.6 Å². The van der Waals surface area contributed by atoms with Crippen LogP contribution in [-0.2, 0) is 32.3 Å². The van der Waals surface area contributed by atoms with Gasteiger partial charge in [-0.05, 0) is 46.9 Å². The number of benzene rings is 4. The molecule has 0 aromatic heterocycles. The van der Waals surface area contributed by atoms with Crippen molar-refractivity contribution in [1.29, 1.82) is 0 Å². The van der Waals surface area contributed by atoms with Gasteiger partial charge >= 0.3 is 0 Å². The molecule has 2 saturated heterocycles. The number of phenols is 1. The molecular formula is C38H32N2O5. The Morgan fingerprint density at radius 3 is 1.78 bits per heavy atom. The van der Waals surface area contributed by atoms with Crippen LogP contribution in [0.4, 0.5) is 0 Å². The second-order valence-electron chi connectivity index (χ2n) is 12.7. The molecular weight excluding hydrogens is 564 g/mol. The number of nitrogens with zero attached hydrogens (tertiary/aromatic N) is 2. The lowest BCUT2D eigenvalue weighted by Gasteiger charge is -2.44. The van der Waals surface area contributed by atoms with Crippen molar-refractivity contribution in [3.8, 4) is 5.75 Å². The lowest BCUT2D eigenvalue weighted by atomic mass is 9.57. The highest BCUT2D eigenvalue weighted by Crippen LogP contribution is 2.59. The highest BCUT2D eigenvalue weighted by atomic mass is 16.3. The summed E-state index contributed by atoms with van der Waals surface area (Å²) in [5.41, 5.74) is 3.57. The van der Waals surface area contributed by atoms with E-state index in [1.165, 1.54) is 9.80 Å². The number of hydrogen-bond donors (Lipinski definition) is 1. The largest absolute Gasteiger partial charge is 0.507 e. The molecule has 1 N–H and O–H groups in total. The van der Waals surface area contributed by atoms with Crippen molar-refractivity contribution in [1.82, 2.24) is 9.80 Å². The maximum Gasteiger partial charge on any atom is 0.234 e. The lowest BCUT2D eigenvalue weighted by Crippen LogP contribution is -2.43. The van der Waals surface area contributed by atoms with Gasteiger partial charge in [0.15, 0.2) is 0 Å². The van der Waals surface area contributed by atoms with E-state index < -0.39 is 29.6 Å². The molecule has 0 spiro atoms. The molecule has 7 nitrogen and oxygen atoms in total. The van der Waals surface area contributed by atoms with E-state index in [1.807, 2.05) is 91.0 Å². The van der Waals surface area contributed by atoms with Crippen LogP contribution < -0.4 is 0 Å². The number of rotatable bonds is 5. The van der Waals surface area contributed by atoms with Gasteiger partial charge in [-0.1, -0.05) is 103 Å². The molecule has 4 amide bonds. The topological polar surface area (TPSA) is 95.0 Å². The zero-order valence-corrected chi connectivity index (χ0v) is 24.6. The maximum atomic E-state index is 14.3. The Kier molecular flexibility index (Phi) is 6.45. The van der Waals surface area contributed by atoms with E-state index in [1.54, 1.807) is 6.07 Å². The van der Waals surface area contributed by atoms with E-state index in [-0.39, 0.29) is 48.4 Å². The number of carbonyl (C=O) groups is 4. The summed E-state index contributed by atoms with van der Waals surface area (Å²) in [5, 5.41) is 12.2. The van der Waals surface area contributed by atoms with Crippen LogP contribution in [0, 0.1) is 29.6 Å². The van der Waals surface area contributed by atoms with E-state index >= 15 is 0 Å². The molecule has 8 rings (SSSR count). The number of imide groups is 2. The Morgan fingerprint density at radius 1 is 0.578 bits per heavy atom. The van der Waals surface area contributed by atoms with Gasteiger partial charge in [0.25, 0.3) is 0 Å². The maximum absolute atomic E-state index is 14.3. The molecule has 4 aliphatic rings. The fourth-order valence-corrected chi connectivity index (χ4v) is 8.49. The molecule has 45 heavy (non-hydrogen) atoms. The van der Waals surface area contributed by atoms with Gasteiger partial charge < -0.3 is 5.11 Å². The van der Waals surface area contributed by atoms with Crippen molar-refractivity contribution >= 4 is 34.4 Å². The summed E-state index contributed by atoms with van der Waals surface area (Å²) in [6.07, 6.45) is 2.83. The van der Waals surface area contributed by atoms with Crippen molar-refractivity contribution < 1.29 is 24.3 Å². The third kappa shape index (κ3) is 4.25. The van der Waals surface area contributed by atoms with E-state index in [2.05, 4.69) is 6.08 Å². The first kappa shape index (κ1) is 27.5. The Balaban J connectivity index is 1.23. The fourth-order valence-electron chi connectivity index (χ4n) is 8.49. The highest BCUT2D eigenvalue weighted by molar-refractivity contribution is 6.08. The van der Waals surface area contributed by atoms with Gasteiger partial charge in [-0.15, -0.1) is 0 Å². The number of aromatic hydroxyl groups is 1. The zero-order chi connectivity index (χ0) is 30.8. The predicted molar refractivity (Wildman–Crippen MR) is 167 cm³/mol. The third-order valence-corrected chi connectivity index (χ3v) is 10.5. The molecule has 4 aromatic carbocycles. The second kappa shape index (κ2) is 10.5. The van der Waals surface area contributed by atoms with Gasteiger partial charge in [-0.2, -0.15) is 0 Å². The summed E-state index contributed by atoms with van der Waals surface area (Å²) in [6, 6.07) is 30.1. The zero-order valence-electron chi connectivity index (χ0n) is 24.6. The molecule has 4 aromatic rings. The molecule has 0 radical (unpaired) electrons. The van der Waals surface area contributed by atoms with Crippen LogP contribution in [0.2, 0.25) is 0 Å². The number of amides is 4. The Hall–Kier alpha value is -5.04.